The van der Waals surface area contributed by atoms with Crippen molar-refractivity contribution in [1.82, 2.24) is 10.2 Å². The van der Waals surface area contributed by atoms with Crippen LogP contribution in [0.2, 0.25) is 0 Å². The third kappa shape index (κ3) is 4.90. The number of nitrogens with zero attached hydrogens (tertiary/aromatic N) is 1. The van der Waals surface area contributed by atoms with Crippen molar-refractivity contribution >= 4 is 11.3 Å². The molecule has 0 bridgehead atoms. The summed E-state index contributed by atoms with van der Waals surface area (Å²) in [4.78, 5) is 4.28. The Morgan fingerprint density at radius 3 is 2.79 bits per heavy atom. The maximum Gasteiger partial charge on any atom is 0.0334 e. The first kappa shape index (κ1) is 15.0. The molecule has 0 aromatic carbocycles. The SMILES string of the molecule is CCCNCC(CCC)N(Cc1cccs1)C1CC1. The lowest BCUT2D eigenvalue weighted by atomic mass is 10.1. The lowest BCUT2D eigenvalue weighted by Gasteiger charge is -2.32. The predicted octanol–water partition coefficient (Wildman–Crippen LogP) is 3.88. The monoisotopic (exact) mass is 280 g/mol. The topological polar surface area (TPSA) is 15.3 Å². The Morgan fingerprint density at radius 2 is 2.21 bits per heavy atom. The van der Waals surface area contributed by atoms with Crippen molar-refractivity contribution in [2.75, 3.05) is 13.1 Å². The molecule has 1 aromatic heterocycles. The van der Waals surface area contributed by atoms with Gasteiger partial charge < -0.3 is 5.32 Å². The maximum atomic E-state index is 3.62. The molecule has 1 unspecified atom stereocenters. The van der Waals surface area contributed by atoms with Crippen LogP contribution in [0.1, 0.15) is 50.8 Å². The lowest BCUT2D eigenvalue weighted by Crippen LogP contribution is -2.43. The Kier molecular flexibility index (Phi) is 6.35. The first-order valence-electron chi connectivity index (χ1n) is 7.84. The molecule has 2 nitrogen and oxygen atoms in total. The summed E-state index contributed by atoms with van der Waals surface area (Å²) in [5.41, 5.74) is 0. The summed E-state index contributed by atoms with van der Waals surface area (Å²) in [5.74, 6) is 0. The smallest absolute Gasteiger partial charge is 0.0334 e. The van der Waals surface area contributed by atoms with E-state index in [0.717, 1.165) is 25.7 Å². The van der Waals surface area contributed by atoms with Crippen molar-refractivity contribution in [3.8, 4) is 0 Å². The molecule has 0 saturated heterocycles. The van der Waals surface area contributed by atoms with E-state index >= 15 is 0 Å². The molecule has 19 heavy (non-hydrogen) atoms. The second-order valence-corrected chi connectivity index (χ2v) is 6.66. The van der Waals surface area contributed by atoms with E-state index in [1.807, 2.05) is 11.3 Å². The van der Waals surface area contributed by atoms with Crippen molar-refractivity contribution < 1.29 is 0 Å². The van der Waals surface area contributed by atoms with Crippen molar-refractivity contribution in [3.05, 3.63) is 22.4 Å². The minimum atomic E-state index is 0.714. The summed E-state index contributed by atoms with van der Waals surface area (Å²) in [6.45, 7) is 8.01. The molecule has 0 aliphatic heterocycles. The molecule has 0 spiro atoms. The highest BCUT2D eigenvalue weighted by atomic mass is 32.1. The van der Waals surface area contributed by atoms with Gasteiger partial charge >= 0.3 is 0 Å². The summed E-state index contributed by atoms with van der Waals surface area (Å²) in [6, 6.07) is 6.02. The van der Waals surface area contributed by atoms with Crippen LogP contribution in [-0.2, 0) is 6.54 Å². The van der Waals surface area contributed by atoms with Crippen LogP contribution in [0.5, 0.6) is 0 Å². The van der Waals surface area contributed by atoms with E-state index in [-0.39, 0.29) is 0 Å². The Balaban J connectivity index is 1.92. The molecule has 108 valence electrons. The Labute approximate surface area is 122 Å². The van der Waals surface area contributed by atoms with Gasteiger partial charge in [0.15, 0.2) is 0 Å². The van der Waals surface area contributed by atoms with Gasteiger partial charge in [-0.2, -0.15) is 0 Å². The van der Waals surface area contributed by atoms with Gasteiger partial charge in [0.05, 0.1) is 0 Å². The molecular formula is C16H28N2S. The largest absolute Gasteiger partial charge is 0.315 e. The summed E-state index contributed by atoms with van der Waals surface area (Å²) < 4.78 is 0. The number of rotatable bonds is 10. The molecule has 1 N–H and O–H groups in total. The van der Waals surface area contributed by atoms with Crippen LogP contribution in [0.4, 0.5) is 0 Å². The van der Waals surface area contributed by atoms with Gasteiger partial charge in [-0.15, -0.1) is 11.3 Å². The fourth-order valence-electron chi connectivity index (χ4n) is 2.71. The average molecular weight is 280 g/mol. The molecule has 3 heteroatoms. The van der Waals surface area contributed by atoms with E-state index in [4.69, 9.17) is 0 Å². The van der Waals surface area contributed by atoms with Crippen LogP contribution in [-0.4, -0.2) is 30.1 Å². The van der Waals surface area contributed by atoms with E-state index in [2.05, 4.69) is 41.6 Å². The van der Waals surface area contributed by atoms with Crippen molar-refractivity contribution in [2.45, 2.75) is 64.6 Å². The summed E-state index contributed by atoms with van der Waals surface area (Å²) >= 11 is 1.90. The van der Waals surface area contributed by atoms with Gasteiger partial charge in [0.25, 0.3) is 0 Å². The fourth-order valence-corrected chi connectivity index (χ4v) is 3.42. The third-order valence-corrected chi connectivity index (χ3v) is 4.69. The first-order chi connectivity index (χ1) is 9.35. The zero-order valence-corrected chi connectivity index (χ0v) is 13.2. The molecule has 1 aromatic rings. The average Bonchev–Trinajstić information content (AvgIpc) is 3.13. The molecule has 1 aliphatic carbocycles. The fraction of sp³-hybridized carbons (Fsp3) is 0.750. The van der Waals surface area contributed by atoms with Crippen molar-refractivity contribution in [3.63, 3.8) is 0 Å². The normalized spacial score (nSPS) is 17.0. The summed E-state index contributed by atoms with van der Waals surface area (Å²) in [6.07, 6.45) is 6.64. The summed E-state index contributed by atoms with van der Waals surface area (Å²) in [7, 11) is 0. The Hall–Kier alpha value is -0.380. The number of thiophene rings is 1. The standard InChI is InChI=1S/C16H28N2S/c1-3-6-15(12-17-10-4-2)18(14-8-9-14)13-16-7-5-11-19-16/h5,7,11,14-15,17H,3-4,6,8-10,12-13H2,1-2H3. The number of hydrogen-bond donors (Lipinski definition) is 1. The van der Waals surface area contributed by atoms with Crippen LogP contribution >= 0.6 is 11.3 Å². The van der Waals surface area contributed by atoms with Gasteiger partial charge in [0, 0.05) is 30.1 Å². The second kappa shape index (κ2) is 8.03. The summed E-state index contributed by atoms with van der Waals surface area (Å²) in [5, 5.41) is 5.82. The van der Waals surface area contributed by atoms with Crippen LogP contribution in [0, 0.1) is 0 Å². The molecule has 1 heterocycles. The van der Waals surface area contributed by atoms with Crippen LogP contribution in [0.15, 0.2) is 17.5 Å². The van der Waals surface area contributed by atoms with Gasteiger partial charge in [-0.25, -0.2) is 0 Å². The minimum Gasteiger partial charge on any atom is -0.315 e. The quantitative estimate of drug-likeness (QED) is 0.654. The van der Waals surface area contributed by atoms with E-state index < -0.39 is 0 Å². The van der Waals surface area contributed by atoms with Gasteiger partial charge in [-0.05, 0) is 43.7 Å². The van der Waals surface area contributed by atoms with Gasteiger partial charge in [0.1, 0.15) is 0 Å². The van der Waals surface area contributed by atoms with Gasteiger partial charge in [-0.3, -0.25) is 4.90 Å². The lowest BCUT2D eigenvalue weighted by molar-refractivity contribution is 0.164. The first-order valence-corrected chi connectivity index (χ1v) is 8.72. The highest BCUT2D eigenvalue weighted by Gasteiger charge is 2.33. The molecule has 1 aliphatic rings. The van der Waals surface area contributed by atoms with E-state index in [1.165, 1.54) is 37.0 Å². The zero-order valence-electron chi connectivity index (χ0n) is 12.4. The molecule has 0 radical (unpaired) electrons. The highest BCUT2D eigenvalue weighted by molar-refractivity contribution is 7.09. The molecule has 1 atom stereocenters. The Bertz CT molecular complexity index is 333. The Morgan fingerprint density at radius 1 is 1.37 bits per heavy atom. The van der Waals surface area contributed by atoms with Crippen molar-refractivity contribution in [2.24, 2.45) is 0 Å². The highest BCUT2D eigenvalue weighted by Crippen LogP contribution is 2.32. The predicted molar refractivity (Wildman–Crippen MR) is 84.7 cm³/mol. The van der Waals surface area contributed by atoms with Gasteiger partial charge in [0.2, 0.25) is 0 Å². The van der Waals surface area contributed by atoms with Crippen LogP contribution in [0.3, 0.4) is 0 Å². The maximum absolute atomic E-state index is 3.62. The molecular weight excluding hydrogens is 252 g/mol. The molecule has 1 saturated carbocycles. The van der Waals surface area contributed by atoms with E-state index in [0.29, 0.717) is 6.04 Å². The second-order valence-electron chi connectivity index (χ2n) is 5.63. The van der Waals surface area contributed by atoms with Crippen molar-refractivity contribution in [1.29, 1.82) is 0 Å². The van der Waals surface area contributed by atoms with E-state index in [9.17, 15) is 0 Å². The molecule has 0 amide bonds. The van der Waals surface area contributed by atoms with Crippen LogP contribution in [0.25, 0.3) is 0 Å². The van der Waals surface area contributed by atoms with Gasteiger partial charge in [-0.1, -0.05) is 26.3 Å². The molecule has 2 rings (SSSR count). The number of nitrogens with one attached hydrogen (secondary N) is 1. The number of hydrogen-bond acceptors (Lipinski definition) is 3. The van der Waals surface area contributed by atoms with E-state index in [1.54, 1.807) is 0 Å². The molecule has 1 fully saturated rings. The van der Waals surface area contributed by atoms with Crippen LogP contribution < -0.4 is 5.32 Å². The zero-order chi connectivity index (χ0) is 13.5. The minimum absolute atomic E-state index is 0.714. The third-order valence-electron chi connectivity index (χ3n) is 3.83.